The van der Waals surface area contributed by atoms with Crippen LogP contribution in [0.1, 0.15) is 16.7 Å². The minimum absolute atomic E-state index is 0.870. The van der Waals surface area contributed by atoms with Gasteiger partial charge in [0.05, 0.1) is 5.69 Å². The van der Waals surface area contributed by atoms with E-state index in [4.69, 9.17) is 5.73 Å². The van der Waals surface area contributed by atoms with Crippen LogP contribution >= 0.6 is 11.8 Å². The molecule has 0 aromatic heterocycles. The third kappa shape index (κ3) is 3.71. The fourth-order valence-electron chi connectivity index (χ4n) is 8.05. The molecular weight excluding hydrogens is 575 g/mol. The zero-order valence-corrected chi connectivity index (χ0v) is 26.0. The number of hydrogen-bond acceptors (Lipinski definition) is 2. The third-order valence-electron chi connectivity index (χ3n) is 10.1. The molecule has 0 saturated heterocycles. The highest BCUT2D eigenvalue weighted by atomic mass is 32.2. The van der Waals surface area contributed by atoms with Gasteiger partial charge in [0.2, 0.25) is 0 Å². The second kappa shape index (κ2) is 9.84. The van der Waals surface area contributed by atoms with E-state index in [-0.39, 0.29) is 0 Å². The third-order valence-corrected chi connectivity index (χ3v) is 11.2. The van der Waals surface area contributed by atoms with Crippen LogP contribution in [0.15, 0.2) is 144 Å². The van der Waals surface area contributed by atoms with Crippen molar-refractivity contribution < 1.29 is 0 Å². The van der Waals surface area contributed by atoms with Gasteiger partial charge in [-0.15, -0.1) is 11.8 Å². The molecule has 2 aliphatic rings. The van der Waals surface area contributed by atoms with E-state index in [9.17, 15) is 0 Å². The van der Waals surface area contributed by atoms with E-state index >= 15 is 0 Å². The molecule has 2 heteroatoms. The lowest BCUT2D eigenvalue weighted by Gasteiger charge is -2.15. The maximum absolute atomic E-state index is 6.92. The van der Waals surface area contributed by atoms with Crippen molar-refractivity contribution in [3.05, 3.63) is 156 Å². The highest BCUT2D eigenvalue weighted by molar-refractivity contribution is 7.98. The first kappa shape index (κ1) is 26.0. The highest BCUT2D eigenvalue weighted by Crippen LogP contribution is 2.55. The standard InChI is InChI=1S/C44H29NS/c45-44-39(46-25-26-8-2-1-3-9-26)21-19-27-16-17-29-22-30(18-20-34(29)41(27)44)33-12-6-13-35-36-14-7-15-37-40-31(24-38(42(33)35)43(36)37)23-28-10-4-5-11-32(28)40/h1-22,24H,23,25,45H2. The van der Waals surface area contributed by atoms with Gasteiger partial charge in [0, 0.05) is 16.0 Å². The molecule has 0 radical (unpaired) electrons. The molecule has 8 aromatic rings. The monoisotopic (exact) mass is 603 g/mol. The predicted molar refractivity (Wildman–Crippen MR) is 197 cm³/mol. The first-order valence-electron chi connectivity index (χ1n) is 16.0. The van der Waals surface area contributed by atoms with Crippen LogP contribution in [-0.2, 0) is 12.2 Å². The summed E-state index contributed by atoms with van der Waals surface area (Å²) in [5, 5.41) is 7.50. The Labute approximate surface area is 272 Å². The summed E-state index contributed by atoms with van der Waals surface area (Å²) in [5.41, 5.74) is 22.7. The zero-order valence-electron chi connectivity index (χ0n) is 25.2. The lowest BCUT2D eigenvalue weighted by atomic mass is 9.90. The smallest absolute Gasteiger partial charge is 0.0538 e. The van der Waals surface area contributed by atoms with Crippen LogP contribution in [0.25, 0.3) is 76.8 Å². The average Bonchev–Trinajstić information content (AvgIpc) is 3.65. The van der Waals surface area contributed by atoms with Gasteiger partial charge in [-0.1, -0.05) is 121 Å². The van der Waals surface area contributed by atoms with Crippen LogP contribution < -0.4 is 5.73 Å². The van der Waals surface area contributed by atoms with E-state index in [0.29, 0.717) is 0 Å². The molecule has 2 N–H and O–H groups in total. The molecule has 0 atom stereocenters. The van der Waals surface area contributed by atoms with Gasteiger partial charge in [-0.2, -0.15) is 0 Å². The Balaban J connectivity index is 1.11. The number of hydrogen-bond donors (Lipinski definition) is 1. The second-order valence-electron chi connectivity index (χ2n) is 12.6. The van der Waals surface area contributed by atoms with Crippen molar-refractivity contribution >= 4 is 49.8 Å². The lowest BCUT2D eigenvalue weighted by molar-refractivity contribution is 1.27. The minimum Gasteiger partial charge on any atom is -0.397 e. The van der Waals surface area contributed by atoms with E-state index in [1.165, 1.54) is 88.1 Å². The molecule has 0 spiro atoms. The summed E-state index contributed by atoms with van der Waals surface area (Å²) in [7, 11) is 0. The summed E-state index contributed by atoms with van der Waals surface area (Å²) >= 11 is 1.81. The Kier molecular flexibility index (Phi) is 5.56. The molecule has 8 aromatic carbocycles. The Bertz CT molecular complexity index is 2560. The summed E-state index contributed by atoms with van der Waals surface area (Å²) < 4.78 is 0. The molecule has 216 valence electrons. The summed E-state index contributed by atoms with van der Waals surface area (Å²) in [6, 6.07) is 51.5. The van der Waals surface area contributed by atoms with Crippen LogP contribution in [-0.4, -0.2) is 0 Å². The number of nitrogens with two attached hydrogens (primary N) is 1. The molecule has 0 fully saturated rings. The van der Waals surface area contributed by atoms with Crippen LogP contribution in [0.4, 0.5) is 5.69 Å². The zero-order chi connectivity index (χ0) is 30.4. The van der Waals surface area contributed by atoms with Gasteiger partial charge in [-0.05, 0) is 113 Å². The van der Waals surface area contributed by atoms with Crippen LogP contribution in [0, 0.1) is 0 Å². The first-order valence-corrected chi connectivity index (χ1v) is 16.9. The summed E-state index contributed by atoms with van der Waals surface area (Å²) in [6.45, 7) is 0. The fourth-order valence-corrected chi connectivity index (χ4v) is 8.98. The molecule has 1 nitrogen and oxygen atoms in total. The molecule has 2 aliphatic carbocycles. The van der Waals surface area contributed by atoms with Crippen molar-refractivity contribution in [3.63, 3.8) is 0 Å². The van der Waals surface area contributed by atoms with Gasteiger partial charge in [0.15, 0.2) is 0 Å². The number of thioether (sulfide) groups is 1. The number of benzene rings is 8. The van der Waals surface area contributed by atoms with E-state index in [0.717, 1.165) is 28.1 Å². The number of fused-ring (bicyclic) bond motifs is 10. The van der Waals surface area contributed by atoms with Crippen LogP contribution in [0.3, 0.4) is 0 Å². The molecule has 10 rings (SSSR count). The van der Waals surface area contributed by atoms with E-state index in [1.807, 2.05) is 11.8 Å². The van der Waals surface area contributed by atoms with E-state index < -0.39 is 0 Å². The summed E-state index contributed by atoms with van der Waals surface area (Å²) in [4.78, 5) is 1.13. The Morgan fingerprint density at radius 1 is 0.500 bits per heavy atom. The van der Waals surface area contributed by atoms with Crippen molar-refractivity contribution in [3.8, 4) is 44.5 Å². The maximum atomic E-state index is 6.92. The normalized spacial score (nSPS) is 12.5. The van der Waals surface area contributed by atoms with Crippen molar-refractivity contribution in [1.82, 2.24) is 0 Å². The topological polar surface area (TPSA) is 26.0 Å². The largest absolute Gasteiger partial charge is 0.397 e. The number of rotatable bonds is 4. The highest BCUT2D eigenvalue weighted by Gasteiger charge is 2.29. The van der Waals surface area contributed by atoms with E-state index in [1.54, 1.807) is 0 Å². The van der Waals surface area contributed by atoms with Crippen molar-refractivity contribution in [2.45, 2.75) is 17.1 Å². The van der Waals surface area contributed by atoms with Gasteiger partial charge in [0.25, 0.3) is 0 Å². The molecule has 0 unspecified atom stereocenters. The molecule has 0 bridgehead atoms. The second-order valence-corrected chi connectivity index (χ2v) is 13.6. The SMILES string of the molecule is Nc1c(SCc2ccccc2)ccc2ccc3cc(-c4cccc5c4-c4cc6c(c7cccc-5c47)-c4ccccc4C6)ccc3c12. The fraction of sp³-hybridized carbons (Fsp3) is 0.0455. The van der Waals surface area contributed by atoms with Gasteiger partial charge < -0.3 is 5.73 Å². The first-order chi connectivity index (χ1) is 22.7. The number of anilines is 1. The van der Waals surface area contributed by atoms with Gasteiger partial charge in [-0.25, -0.2) is 0 Å². The molecule has 46 heavy (non-hydrogen) atoms. The quantitative estimate of drug-likeness (QED) is 0.123. The molecule has 0 heterocycles. The Morgan fingerprint density at radius 2 is 1.26 bits per heavy atom. The minimum atomic E-state index is 0.870. The van der Waals surface area contributed by atoms with E-state index in [2.05, 4.69) is 140 Å². The molecular formula is C44H29NS. The van der Waals surface area contributed by atoms with Crippen molar-refractivity contribution in [2.75, 3.05) is 5.73 Å². The Morgan fingerprint density at radius 3 is 2.20 bits per heavy atom. The van der Waals surface area contributed by atoms with Gasteiger partial charge in [0.1, 0.15) is 0 Å². The van der Waals surface area contributed by atoms with Gasteiger partial charge >= 0.3 is 0 Å². The van der Waals surface area contributed by atoms with Crippen LogP contribution in [0.2, 0.25) is 0 Å². The molecule has 0 aliphatic heterocycles. The molecule has 0 saturated carbocycles. The van der Waals surface area contributed by atoms with Crippen LogP contribution in [0.5, 0.6) is 0 Å². The summed E-state index contributed by atoms with van der Waals surface area (Å²) in [6.07, 6.45) is 0.992. The average molecular weight is 604 g/mol. The summed E-state index contributed by atoms with van der Waals surface area (Å²) in [5.74, 6) is 0.898. The Hall–Kier alpha value is -5.31. The lowest BCUT2D eigenvalue weighted by Crippen LogP contribution is -1.93. The predicted octanol–water partition coefficient (Wildman–Crippen LogP) is 11.9. The van der Waals surface area contributed by atoms with Gasteiger partial charge in [-0.3, -0.25) is 0 Å². The maximum Gasteiger partial charge on any atom is 0.0538 e. The molecule has 0 amide bonds. The number of nitrogen functional groups attached to an aromatic ring is 1. The van der Waals surface area contributed by atoms with Crippen molar-refractivity contribution in [1.29, 1.82) is 0 Å². The van der Waals surface area contributed by atoms with Crippen molar-refractivity contribution in [2.24, 2.45) is 0 Å².